The summed E-state index contributed by atoms with van der Waals surface area (Å²) in [5.74, 6) is 0.473. The van der Waals surface area contributed by atoms with Gasteiger partial charge in [0.05, 0.1) is 0 Å². The molecular formula is C15H32N2O. The van der Waals surface area contributed by atoms with Crippen molar-refractivity contribution in [2.24, 2.45) is 7.05 Å². The fourth-order valence-electron chi connectivity index (χ4n) is 2.38. The number of rotatable bonds is 6. The number of aromatic amines is 1. The van der Waals surface area contributed by atoms with Crippen LogP contribution in [0.5, 0.6) is 0 Å². The molecule has 0 saturated heterocycles. The number of unbranched alkanes of at least 4 members (excludes halogenated alkanes) is 3. The number of aryl methyl sites for hydroxylation is 1. The van der Waals surface area contributed by atoms with E-state index in [1.807, 2.05) is 27.8 Å². The van der Waals surface area contributed by atoms with Gasteiger partial charge in [-0.05, 0) is 19.3 Å². The summed E-state index contributed by atoms with van der Waals surface area (Å²) in [7, 11) is 1.85. The lowest BCUT2D eigenvalue weighted by atomic mass is 9.98. The minimum atomic E-state index is 0. The van der Waals surface area contributed by atoms with Gasteiger partial charge in [0.2, 0.25) is 0 Å². The van der Waals surface area contributed by atoms with E-state index in [4.69, 9.17) is 0 Å². The maximum atomic E-state index is 11.4. The van der Waals surface area contributed by atoms with Crippen LogP contribution in [0.25, 0.3) is 0 Å². The number of hydrogen-bond acceptors (Lipinski definition) is 1. The lowest BCUT2D eigenvalue weighted by Gasteiger charge is -2.12. The molecule has 1 heterocycles. The molecule has 0 aliphatic rings. The van der Waals surface area contributed by atoms with Gasteiger partial charge in [0.25, 0.3) is 0 Å². The molecule has 1 rings (SSSR count). The topological polar surface area (TPSA) is 37.8 Å². The summed E-state index contributed by atoms with van der Waals surface area (Å²) in [4.78, 5) is 14.3. The molecule has 1 unspecified atom stereocenters. The Labute approximate surface area is 113 Å². The van der Waals surface area contributed by atoms with Crippen LogP contribution in [0.2, 0.25) is 0 Å². The lowest BCUT2D eigenvalue weighted by molar-refractivity contribution is 0.556. The molecule has 0 spiro atoms. The first-order valence-corrected chi connectivity index (χ1v) is 7.33. The number of H-pyrrole nitrogens is 1. The van der Waals surface area contributed by atoms with Crippen molar-refractivity contribution >= 4 is 0 Å². The molecule has 0 saturated carbocycles. The average molecular weight is 256 g/mol. The third kappa shape index (κ3) is 4.71. The van der Waals surface area contributed by atoms with E-state index in [1.165, 1.54) is 37.8 Å². The van der Waals surface area contributed by atoms with Crippen molar-refractivity contribution in [3.63, 3.8) is 0 Å². The van der Waals surface area contributed by atoms with E-state index in [0.717, 1.165) is 5.69 Å². The van der Waals surface area contributed by atoms with E-state index in [2.05, 4.69) is 18.8 Å². The van der Waals surface area contributed by atoms with E-state index in [-0.39, 0.29) is 7.12 Å². The minimum absolute atomic E-state index is 0. The Kier molecular flexibility index (Phi) is 8.51. The van der Waals surface area contributed by atoms with Crippen molar-refractivity contribution < 1.29 is 1.43 Å². The first-order valence-electron chi connectivity index (χ1n) is 7.33. The Bertz CT molecular complexity index is 382. The molecule has 0 fully saturated rings. The lowest BCUT2D eigenvalue weighted by Crippen LogP contribution is -2.15. The molecule has 1 N–H and O–H groups in total. The SMILES string of the molecule is CC.CCCCCCC(C)c1c(C)[nH]c(=O)n1C.[HH]. The predicted octanol–water partition coefficient (Wildman–Crippen LogP) is 4.37. The van der Waals surface area contributed by atoms with E-state index in [1.54, 1.807) is 4.57 Å². The molecule has 0 radical (unpaired) electrons. The molecule has 3 nitrogen and oxygen atoms in total. The molecule has 1 atom stereocenters. The first-order chi connectivity index (χ1) is 8.57. The van der Waals surface area contributed by atoms with E-state index < -0.39 is 0 Å². The van der Waals surface area contributed by atoms with Crippen LogP contribution in [0.15, 0.2) is 4.79 Å². The number of nitrogens with zero attached hydrogens (tertiary/aromatic N) is 1. The number of imidazole rings is 1. The van der Waals surface area contributed by atoms with Crippen LogP contribution in [0.4, 0.5) is 0 Å². The second-order valence-electron chi connectivity index (χ2n) is 4.75. The predicted molar refractivity (Wildman–Crippen MR) is 81.4 cm³/mol. The molecule has 0 bridgehead atoms. The van der Waals surface area contributed by atoms with E-state index in [9.17, 15) is 4.79 Å². The van der Waals surface area contributed by atoms with Gasteiger partial charge in [-0.1, -0.05) is 53.4 Å². The number of aromatic nitrogens is 2. The number of nitrogens with one attached hydrogen (secondary N) is 1. The Morgan fingerprint density at radius 1 is 1.28 bits per heavy atom. The van der Waals surface area contributed by atoms with Crippen LogP contribution >= 0.6 is 0 Å². The Balaban J connectivity index is 0. The van der Waals surface area contributed by atoms with Crippen LogP contribution in [-0.2, 0) is 7.05 Å². The second kappa shape index (κ2) is 9.01. The third-order valence-corrected chi connectivity index (χ3v) is 3.30. The normalized spacial score (nSPS) is 11.9. The molecule has 0 aliphatic carbocycles. The molecule has 1 aromatic heterocycles. The van der Waals surface area contributed by atoms with Crippen LogP contribution < -0.4 is 5.69 Å². The van der Waals surface area contributed by atoms with Crippen molar-refractivity contribution in [1.29, 1.82) is 0 Å². The van der Waals surface area contributed by atoms with Crippen LogP contribution in [0.1, 0.15) is 78.5 Å². The van der Waals surface area contributed by atoms with Crippen molar-refractivity contribution in [3.05, 3.63) is 21.9 Å². The van der Waals surface area contributed by atoms with Gasteiger partial charge in [0.15, 0.2) is 0 Å². The Morgan fingerprint density at radius 3 is 2.33 bits per heavy atom. The summed E-state index contributed by atoms with van der Waals surface area (Å²) in [5, 5.41) is 0. The highest BCUT2D eigenvalue weighted by Gasteiger charge is 2.14. The molecule has 0 aliphatic heterocycles. The maximum Gasteiger partial charge on any atom is 0.325 e. The zero-order chi connectivity index (χ0) is 14.1. The molecule has 0 amide bonds. The summed E-state index contributed by atoms with van der Waals surface area (Å²) in [6.45, 7) is 10.4. The van der Waals surface area contributed by atoms with Crippen LogP contribution in [0.3, 0.4) is 0 Å². The number of hydrogen-bond donors (Lipinski definition) is 1. The molecule has 18 heavy (non-hydrogen) atoms. The van der Waals surface area contributed by atoms with Crippen molar-refractivity contribution in [3.8, 4) is 0 Å². The van der Waals surface area contributed by atoms with Gasteiger partial charge < -0.3 is 4.98 Å². The second-order valence-corrected chi connectivity index (χ2v) is 4.75. The smallest absolute Gasteiger partial charge is 0.310 e. The Hall–Kier alpha value is -0.990. The van der Waals surface area contributed by atoms with Gasteiger partial charge in [-0.3, -0.25) is 4.57 Å². The fourth-order valence-corrected chi connectivity index (χ4v) is 2.38. The highest BCUT2D eigenvalue weighted by Crippen LogP contribution is 2.22. The van der Waals surface area contributed by atoms with Crippen LogP contribution in [0, 0.1) is 6.92 Å². The maximum absolute atomic E-state index is 11.4. The van der Waals surface area contributed by atoms with Crippen molar-refractivity contribution in [2.75, 3.05) is 0 Å². The summed E-state index contributed by atoms with van der Waals surface area (Å²) in [5.41, 5.74) is 2.20. The summed E-state index contributed by atoms with van der Waals surface area (Å²) in [6, 6.07) is 0. The molecular weight excluding hydrogens is 224 g/mol. The van der Waals surface area contributed by atoms with Crippen molar-refractivity contribution in [2.45, 2.75) is 72.6 Å². The summed E-state index contributed by atoms with van der Waals surface area (Å²) in [6.07, 6.45) is 6.33. The highest BCUT2D eigenvalue weighted by atomic mass is 16.1. The van der Waals surface area contributed by atoms with Gasteiger partial charge in [-0.25, -0.2) is 4.79 Å². The average Bonchev–Trinajstić information content (AvgIpc) is 2.61. The van der Waals surface area contributed by atoms with Gasteiger partial charge in [0.1, 0.15) is 0 Å². The zero-order valence-electron chi connectivity index (χ0n) is 13.0. The third-order valence-electron chi connectivity index (χ3n) is 3.30. The fraction of sp³-hybridized carbons (Fsp3) is 0.800. The molecule has 108 valence electrons. The first kappa shape index (κ1) is 17.0. The molecule has 0 aromatic carbocycles. The van der Waals surface area contributed by atoms with Gasteiger partial charge in [0, 0.05) is 19.9 Å². The zero-order valence-corrected chi connectivity index (χ0v) is 13.0. The van der Waals surface area contributed by atoms with E-state index >= 15 is 0 Å². The van der Waals surface area contributed by atoms with Crippen LogP contribution in [-0.4, -0.2) is 9.55 Å². The quantitative estimate of drug-likeness (QED) is 0.754. The monoisotopic (exact) mass is 256 g/mol. The van der Waals surface area contributed by atoms with Crippen molar-refractivity contribution in [1.82, 2.24) is 9.55 Å². The van der Waals surface area contributed by atoms with Gasteiger partial charge in [-0.15, -0.1) is 0 Å². The summed E-state index contributed by atoms with van der Waals surface area (Å²) >= 11 is 0. The standard InChI is InChI=1S/C13H24N2O.C2H6.H2/c1-5-6-7-8-9-10(2)12-11(3)14-13(16)15(12)4;1-2;/h10H,5-9H2,1-4H3,(H,14,16);1-2H3;1H. The largest absolute Gasteiger partial charge is 0.325 e. The highest BCUT2D eigenvalue weighted by molar-refractivity contribution is 5.15. The molecule has 1 aromatic rings. The van der Waals surface area contributed by atoms with E-state index in [0.29, 0.717) is 5.92 Å². The van der Waals surface area contributed by atoms with Gasteiger partial charge in [-0.2, -0.15) is 0 Å². The molecule has 3 heteroatoms. The van der Waals surface area contributed by atoms with Gasteiger partial charge >= 0.3 is 5.69 Å². The Morgan fingerprint density at radius 2 is 1.89 bits per heavy atom. The summed E-state index contributed by atoms with van der Waals surface area (Å²) < 4.78 is 1.75. The minimum Gasteiger partial charge on any atom is -0.310 e.